The van der Waals surface area contributed by atoms with E-state index in [2.05, 4.69) is 49.7 Å². The van der Waals surface area contributed by atoms with Gasteiger partial charge in [-0.25, -0.2) is 4.99 Å². The van der Waals surface area contributed by atoms with Crippen LogP contribution in [-0.4, -0.2) is 59.8 Å². The van der Waals surface area contributed by atoms with E-state index < -0.39 is 6.04 Å². The molecule has 0 aromatic heterocycles. The van der Waals surface area contributed by atoms with Crippen molar-refractivity contribution in [3.8, 4) is 0 Å². The lowest BCUT2D eigenvalue weighted by Gasteiger charge is -2.35. The van der Waals surface area contributed by atoms with Gasteiger partial charge in [-0.15, -0.1) is 0 Å². The van der Waals surface area contributed by atoms with E-state index in [1.807, 2.05) is 37.3 Å². The Morgan fingerprint density at radius 2 is 1.77 bits per heavy atom. The molecule has 2 heterocycles. The summed E-state index contributed by atoms with van der Waals surface area (Å²) < 4.78 is 0. The van der Waals surface area contributed by atoms with Gasteiger partial charge in [0.15, 0.2) is 0 Å². The van der Waals surface area contributed by atoms with Crippen LogP contribution in [0.15, 0.2) is 59.6 Å². The Hall–Kier alpha value is -3.19. The number of rotatable bonds is 5. The topological polar surface area (TPSA) is 77.0 Å². The molecule has 156 valence electrons. The highest BCUT2D eigenvalue weighted by Crippen LogP contribution is 2.14. The maximum absolute atomic E-state index is 12.3. The van der Waals surface area contributed by atoms with E-state index in [1.54, 1.807) is 0 Å². The van der Waals surface area contributed by atoms with Crippen LogP contribution in [0.3, 0.4) is 0 Å². The lowest BCUT2D eigenvalue weighted by Crippen LogP contribution is -2.51. The summed E-state index contributed by atoms with van der Waals surface area (Å²) in [6, 6.07) is 17.3. The molecular weight excluding hydrogens is 378 g/mol. The molecule has 2 aromatic rings. The van der Waals surface area contributed by atoms with E-state index in [-0.39, 0.29) is 18.2 Å². The summed E-state index contributed by atoms with van der Waals surface area (Å²) >= 11 is 0. The number of benzene rings is 2. The SMILES string of the molecule is Cc1ccc(NC(=O)C[C@H]2N=C(N3CCN(Cc4ccccc4)CC3)NC2=O)cc1. The van der Waals surface area contributed by atoms with Crippen LogP contribution in [0.2, 0.25) is 0 Å². The first kappa shape index (κ1) is 20.1. The number of aliphatic imine (C=N–C) groups is 1. The standard InChI is InChI=1S/C23H27N5O2/c1-17-7-9-19(10-8-17)24-21(29)15-20-22(30)26-23(25-20)28-13-11-27(12-14-28)16-18-5-3-2-4-6-18/h2-10,20H,11-16H2,1H3,(H,24,29)(H,25,26,30)/t20-/m1/s1. The lowest BCUT2D eigenvalue weighted by atomic mass is 10.2. The predicted molar refractivity (Wildman–Crippen MR) is 117 cm³/mol. The van der Waals surface area contributed by atoms with E-state index in [0.29, 0.717) is 5.96 Å². The van der Waals surface area contributed by atoms with Crippen LogP contribution in [0.25, 0.3) is 0 Å². The molecule has 0 saturated carbocycles. The van der Waals surface area contributed by atoms with Crippen LogP contribution in [0.5, 0.6) is 0 Å². The van der Waals surface area contributed by atoms with E-state index in [1.165, 1.54) is 5.56 Å². The Kier molecular flexibility index (Phi) is 6.09. The van der Waals surface area contributed by atoms with E-state index in [0.717, 1.165) is 44.0 Å². The molecule has 4 rings (SSSR count). The Morgan fingerprint density at radius 3 is 2.47 bits per heavy atom. The molecule has 1 fully saturated rings. The highest BCUT2D eigenvalue weighted by atomic mass is 16.2. The van der Waals surface area contributed by atoms with Crippen LogP contribution < -0.4 is 10.6 Å². The van der Waals surface area contributed by atoms with E-state index in [9.17, 15) is 9.59 Å². The number of guanidine groups is 1. The van der Waals surface area contributed by atoms with Crippen molar-refractivity contribution in [1.82, 2.24) is 15.1 Å². The monoisotopic (exact) mass is 405 g/mol. The number of carbonyl (C=O) groups is 2. The van der Waals surface area contributed by atoms with Crippen molar-refractivity contribution in [2.75, 3.05) is 31.5 Å². The average molecular weight is 406 g/mol. The van der Waals surface area contributed by atoms with Crippen molar-refractivity contribution < 1.29 is 9.59 Å². The van der Waals surface area contributed by atoms with Gasteiger partial charge in [-0.3, -0.25) is 19.8 Å². The zero-order valence-corrected chi connectivity index (χ0v) is 17.2. The summed E-state index contributed by atoms with van der Waals surface area (Å²) in [7, 11) is 0. The van der Waals surface area contributed by atoms with Gasteiger partial charge in [0.05, 0.1) is 6.42 Å². The van der Waals surface area contributed by atoms with E-state index in [4.69, 9.17) is 0 Å². The van der Waals surface area contributed by atoms with Crippen molar-refractivity contribution in [3.05, 3.63) is 65.7 Å². The lowest BCUT2D eigenvalue weighted by molar-refractivity contribution is -0.124. The van der Waals surface area contributed by atoms with Gasteiger partial charge in [0.25, 0.3) is 5.91 Å². The summed E-state index contributed by atoms with van der Waals surface area (Å²) in [5.41, 5.74) is 3.15. The molecule has 7 heteroatoms. The summed E-state index contributed by atoms with van der Waals surface area (Å²) in [5.74, 6) is 0.167. The molecule has 0 radical (unpaired) electrons. The third-order valence-electron chi connectivity index (χ3n) is 5.45. The normalized spacial score (nSPS) is 19.4. The largest absolute Gasteiger partial charge is 0.340 e. The van der Waals surface area contributed by atoms with Crippen LogP contribution in [0.4, 0.5) is 5.69 Å². The number of carbonyl (C=O) groups excluding carboxylic acids is 2. The minimum atomic E-state index is -0.673. The summed E-state index contributed by atoms with van der Waals surface area (Å²) in [6.45, 7) is 6.33. The van der Waals surface area contributed by atoms with Gasteiger partial charge >= 0.3 is 0 Å². The molecule has 2 aliphatic rings. The first-order valence-corrected chi connectivity index (χ1v) is 10.3. The molecule has 0 aliphatic carbocycles. The van der Waals surface area contributed by atoms with Crippen LogP contribution >= 0.6 is 0 Å². The summed E-state index contributed by atoms with van der Waals surface area (Å²) in [5, 5.41) is 5.68. The quantitative estimate of drug-likeness (QED) is 0.798. The highest BCUT2D eigenvalue weighted by molar-refractivity contribution is 6.07. The molecule has 2 amide bonds. The maximum Gasteiger partial charge on any atom is 0.252 e. The Balaban J connectivity index is 1.28. The molecule has 0 unspecified atom stereocenters. The molecule has 2 aromatic carbocycles. The Bertz CT molecular complexity index is 918. The zero-order valence-electron chi connectivity index (χ0n) is 17.2. The molecule has 1 atom stereocenters. The molecule has 0 bridgehead atoms. The second kappa shape index (κ2) is 9.09. The van der Waals surface area contributed by atoms with Crippen LogP contribution in [0.1, 0.15) is 17.5 Å². The van der Waals surface area contributed by atoms with Crippen LogP contribution in [-0.2, 0) is 16.1 Å². The second-order valence-electron chi connectivity index (χ2n) is 7.82. The molecule has 1 saturated heterocycles. The fourth-order valence-corrected chi connectivity index (χ4v) is 3.71. The van der Waals surface area contributed by atoms with Gasteiger partial charge in [-0.2, -0.15) is 0 Å². The molecule has 7 nitrogen and oxygen atoms in total. The smallest absolute Gasteiger partial charge is 0.252 e. The molecule has 2 N–H and O–H groups in total. The number of hydrogen-bond acceptors (Lipinski definition) is 5. The third kappa shape index (κ3) is 5.04. The Morgan fingerprint density at radius 1 is 1.07 bits per heavy atom. The fourth-order valence-electron chi connectivity index (χ4n) is 3.71. The van der Waals surface area contributed by atoms with Crippen molar-refractivity contribution >= 4 is 23.5 Å². The van der Waals surface area contributed by atoms with Crippen molar-refractivity contribution in [3.63, 3.8) is 0 Å². The minimum Gasteiger partial charge on any atom is -0.340 e. The zero-order chi connectivity index (χ0) is 20.9. The first-order chi connectivity index (χ1) is 14.6. The minimum absolute atomic E-state index is 0.0389. The number of nitrogens with zero attached hydrogens (tertiary/aromatic N) is 3. The summed E-state index contributed by atoms with van der Waals surface area (Å²) in [6.07, 6.45) is 0.0389. The summed E-state index contributed by atoms with van der Waals surface area (Å²) in [4.78, 5) is 33.6. The van der Waals surface area contributed by atoms with Gasteiger partial charge in [0, 0.05) is 38.4 Å². The van der Waals surface area contributed by atoms with Crippen molar-refractivity contribution in [2.45, 2.75) is 25.9 Å². The number of nitrogens with one attached hydrogen (secondary N) is 2. The van der Waals surface area contributed by atoms with Gasteiger partial charge < -0.3 is 10.2 Å². The molecular formula is C23H27N5O2. The maximum atomic E-state index is 12.3. The number of amides is 2. The number of anilines is 1. The molecule has 0 spiro atoms. The van der Waals surface area contributed by atoms with Crippen LogP contribution in [0, 0.1) is 6.92 Å². The van der Waals surface area contributed by atoms with Gasteiger partial charge in [-0.1, -0.05) is 48.0 Å². The Labute approximate surface area is 176 Å². The first-order valence-electron chi connectivity index (χ1n) is 10.3. The van der Waals surface area contributed by atoms with Gasteiger partial charge in [0.1, 0.15) is 6.04 Å². The van der Waals surface area contributed by atoms with Crippen molar-refractivity contribution in [1.29, 1.82) is 0 Å². The highest BCUT2D eigenvalue weighted by Gasteiger charge is 2.32. The van der Waals surface area contributed by atoms with Gasteiger partial charge in [0.2, 0.25) is 11.9 Å². The third-order valence-corrected chi connectivity index (χ3v) is 5.45. The molecule has 30 heavy (non-hydrogen) atoms. The van der Waals surface area contributed by atoms with Crippen molar-refractivity contribution in [2.24, 2.45) is 4.99 Å². The number of piperazine rings is 1. The van der Waals surface area contributed by atoms with Gasteiger partial charge in [-0.05, 0) is 24.6 Å². The van der Waals surface area contributed by atoms with E-state index >= 15 is 0 Å². The number of aryl methyl sites for hydroxylation is 1. The fraction of sp³-hybridized carbons (Fsp3) is 0.348. The average Bonchev–Trinajstić information content (AvgIpc) is 3.11. The molecule has 2 aliphatic heterocycles. The number of hydrogen-bond donors (Lipinski definition) is 2. The second-order valence-corrected chi connectivity index (χ2v) is 7.82. The predicted octanol–water partition coefficient (Wildman–Crippen LogP) is 2.00.